The van der Waals surface area contributed by atoms with Crippen molar-refractivity contribution in [1.82, 2.24) is 4.98 Å². The maximum Gasteiger partial charge on any atom is 0.269 e. The fourth-order valence-corrected chi connectivity index (χ4v) is 4.86. The van der Waals surface area contributed by atoms with Crippen LogP contribution in [-0.2, 0) is 15.4 Å². The Morgan fingerprint density at radius 1 is 0.909 bits per heavy atom. The van der Waals surface area contributed by atoms with Gasteiger partial charge in [0.15, 0.2) is 0 Å². The number of halogens is 1. The van der Waals surface area contributed by atoms with E-state index in [0.717, 1.165) is 16.0 Å². The van der Waals surface area contributed by atoms with Crippen molar-refractivity contribution in [3.8, 4) is 0 Å². The summed E-state index contributed by atoms with van der Waals surface area (Å²) in [5.41, 5.74) is 1.52. The molecule has 33 heavy (non-hydrogen) atoms. The van der Waals surface area contributed by atoms with Crippen molar-refractivity contribution in [3.05, 3.63) is 82.0 Å². The quantitative estimate of drug-likeness (QED) is 0.530. The number of rotatable bonds is 4. The van der Waals surface area contributed by atoms with Crippen molar-refractivity contribution < 1.29 is 18.0 Å². The lowest BCUT2D eigenvalue weighted by atomic mass is 9.87. The van der Waals surface area contributed by atoms with E-state index in [1.807, 2.05) is 27.7 Å². The van der Waals surface area contributed by atoms with Gasteiger partial charge in [0, 0.05) is 6.20 Å². The van der Waals surface area contributed by atoms with Crippen LogP contribution in [-0.4, -0.2) is 25.2 Å². The standard InChI is InChI=1S/C24H22ClN3O4S/c1-14-5-12-19(26-13-14)28-22(29)20-17(25)10-11-18(21(20)23(28)30)27-33(31,32)16-8-6-15(7-9-16)24(2,3)4/h5-13,27H,1-4H3. The largest absolute Gasteiger partial charge is 0.279 e. The molecule has 3 aromatic rings. The smallest absolute Gasteiger partial charge is 0.269 e. The molecule has 1 aromatic heterocycles. The van der Waals surface area contributed by atoms with Crippen LogP contribution < -0.4 is 9.62 Å². The Labute approximate surface area is 197 Å². The molecule has 0 saturated heterocycles. The van der Waals surface area contributed by atoms with Gasteiger partial charge in [-0.25, -0.2) is 18.3 Å². The van der Waals surface area contributed by atoms with Gasteiger partial charge in [-0.1, -0.05) is 50.6 Å². The van der Waals surface area contributed by atoms with E-state index in [1.54, 1.807) is 24.3 Å². The third kappa shape index (κ3) is 4.12. The van der Waals surface area contributed by atoms with E-state index >= 15 is 0 Å². The van der Waals surface area contributed by atoms with Crippen molar-refractivity contribution in [2.75, 3.05) is 9.62 Å². The first-order chi connectivity index (χ1) is 15.4. The molecule has 0 atom stereocenters. The maximum absolute atomic E-state index is 13.2. The first-order valence-corrected chi connectivity index (χ1v) is 12.0. The molecule has 170 valence electrons. The van der Waals surface area contributed by atoms with Crippen LogP contribution in [0.2, 0.25) is 5.02 Å². The van der Waals surface area contributed by atoms with Gasteiger partial charge in [-0.15, -0.1) is 0 Å². The second kappa shape index (κ2) is 7.97. The van der Waals surface area contributed by atoms with E-state index in [1.165, 1.54) is 30.5 Å². The van der Waals surface area contributed by atoms with Crippen LogP contribution >= 0.6 is 11.6 Å². The molecule has 0 aliphatic carbocycles. The maximum atomic E-state index is 13.2. The summed E-state index contributed by atoms with van der Waals surface area (Å²) in [6.07, 6.45) is 1.53. The number of sulfonamides is 1. The molecular weight excluding hydrogens is 462 g/mol. The number of aromatic nitrogens is 1. The van der Waals surface area contributed by atoms with Crippen LogP contribution in [0.4, 0.5) is 11.5 Å². The number of benzene rings is 2. The average Bonchev–Trinajstić information content (AvgIpc) is 3.02. The number of hydrogen-bond acceptors (Lipinski definition) is 5. The van der Waals surface area contributed by atoms with Crippen LogP contribution in [0.3, 0.4) is 0 Å². The number of imide groups is 1. The van der Waals surface area contributed by atoms with Crippen molar-refractivity contribution >= 4 is 44.9 Å². The van der Waals surface area contributed by atoms with Gasteiger partial charge in [0.1, 0.15) is 5.82 Å². The monoisotopic (exact) mass is 483 g/mol. The van der Waals surface area contributed by atoms with Gasteiger partial charge in [0.25, 0.3) is 21.8 Å². The molecule has 0 radical (unpaired) electrons. The van der Waals surface area contributed by atoms with Gasteiger partial charge in [-0.05, 0) is 53.8 Å². The molecule has 0 saturated carbocycles. The lowest BCUT2D eigenvalue weighted by molar-refractivity contribution is 0.0925. The summed E-state index contributed by atoms with van der Waals surface area (Å²) in [4.78, 5) is 31.3. The topological polar surface area (TPSA) is 96.4 Å². The SMILES string of the molecule is Cc1ccc(N2C(=O)c3c(Cl)ccc(NS(=O)(=O)c4ccc(C(C)(C)C)cc4)c3C2=O)nc1. The molecule has 0 spiro atoms. The van der Waals surface area contributed by atoms with Crippen LogP contribution in [0, 0.1) is 6.92 Å². The van der Waals surface area contributed by atoms with Gasteiger partial charge in [-0.3, -0.25) is 14.3 Å². The number of carbonyl (C=O) groups is 2. The number of aryl methyl sites for hydroxylation is 1. The summed E-state index contributed by atoms with van der Waals surface area (Å²) in [7, 11) is -4.03. The zero-order valence-electron chi connectivity index (χ0n) is 18.5. The Morgan fingerprint density at radius 3 is 2.12 bits per heavy atom. The molecule has 0 fully saturated rings. The predicted molar refractivity (Wildman–Crippen MR) is 128 cm³/mol. The summed E-state index contributed by atoms with van der Waals surface area (Å²) in [6, 6.07) is 12.5. The Morgan fingerprint density at radius 2 is 1.55 bits per heavy atom. The third-order valence-corrected chi connectivity index (χ3v) is 7.08. The van der Waals surface area contributed by atoms with Crippen LogP contribution in [0.15, 0.2) is 59.6 Å². The van der Waals surface area contributed by atoms with Gasteiger partial charge in [-0.2, -0.15) is 0 Å². The van der Waals surface area contributed by atoms with E-state index < -0.39 is 21.8 Å². The molecule has 1 N–H and O–H groups in total. The number of pyridine rings is 1. The number of amides is 2. The van der Waals surface area contributed by atoms with Crippen LogP contribution in [0.5, 0.6) is 0 Å². The highest BCUT2D eigenvalue weighted by Crippen LogP contribution is 2.37. The number of anilines is 2. The van der Waals surface area contributed by atoms with Crippen LogP contribution in [0.1, 0.15) is 52.6 Å². The van der Waals surface area contributed by atoms with Crippen molar-refractivity contribution in [2.24, 2.45) is 0 Å². The Hall–Kier alpha value is -3.23. The van der Waals surface area contributed by atoms with Gasteiger partial charge < -0.3 is 0 Å². The zero-order chi connectivity index (χ0) is 24.1. The lowest BCUT2D eigenvalue weighted by Gasteiger charge is -2.19. The molecule has 2 heterocycles. The summed E-state index contributed by atoms with van der Waals surface area (Å²) in [5.74, 6) is -1.23. The molecule has 1 aliphatic rings. The molecule has 2 aromatic carbocycles. The first kappa shape index (κ1) is 22.9. The summed E-state index contributed by atoms with van der Waals surface area (Å²) in [5, 5.41) is 0.0513. The van der Waals surface area contributed by atoms with Gasteiger partial charge >= 0.3 is 0 Å². The number of nitrogens with one attached hydrogen (secondary N) is 1. The van der Waals surface area contributed by atoms with Gasteiger partial charge in [0.2, 0.25) is 0 Å². The summed E-state index contributed by atoms with van der Waals surface area (Å²) < 4.78 is 28.6. The fraction of sp³-hybridized carbons (Fsp3) is 0.208. The van der Waals surface area contributed by atoms with E-state index in [0.29, 0.717) is 0 Å². The number of hydrogen-bond donors (Lipinski definition) is 1. The molecule has 0 unspecified atom stereocenters. The third-order valence-electron chi connectivity index (χ3n) is 5.39. The second-order valence-electron chi connectivity index (χ2n) is 8.86. The second-order valence-corrected chi connectivity index (χ2v) is 11.0. The normalized spacial score (nSPS) is 13.9. The van der Waals surface area contributed by atoms with E-state index in [9.17, 15) is 18.0 Å². The molecule has 7 nitrogen and oxygen atoms in total. The Bertz CT molecular complexity index is 1380. The molecule has 9 heteroatoms. The minimum Gasteiger partial charge on any atom is -0.279 e. The molecule has 2 amide bonds. The minimum atomic E-state index is -4.03. The fourth-order valence-electron chi connectivity index (χ4n) is 3.55. The van der Waals surface area contributed by atoms with Crippen molar-refractivity contribution in [1.29, 1.82) is 0 Å². The average molecular weight is 484 g/mol. The molecular formula is C24H22ClN3O4S. The Balaban J connectivity index is 1.73. The number of nitrogens with zero attached hydrogens (tertiary/aromatic N) is 2. The van der Waals surface area contributed by atoms with E-state index in [-0.39, 0.29) is 38.0 Å². The minimum absolute atomic E-state index is 0.0257. The summed E-state index contributed by atoms with van der Waals surface area (Å²) in [6.45, 7) is 7.92. The number of fused-ring (bicyclic) bond motifs is 1. The lowest BCUT2D eigenvalue weighted by Crippen LogP contribution is -2.30. The predicted octanol–water partition coefficient (Wildman–Crippen LogP) is 4.94. The van der Waals surface area contributed by atoms with Crippen LogP contribution in [0.25, 0.3) is 0 Å². The van der Waals surface area contributed by atoms with Crippen molar-refractivity contribution in [2.45, 2.75) is 38.0 Å². The van der Waals surface area contributed by atoms with E-state index in [4.69, 9.17) is 11.6 Å². The summed E-state index contributed by atoms with van der Waals surface area (Å²) >= 11 is 6.23. The number of carbonyl (C=O) groups excluding carboxylic acids is 2. The Kier molecular flexibility index (Phi) is 5.54. The van der Waals surface area contributed by atoms with Crippen molar-refractivity contribution in [3.63, 3.8) is 0 Å². The molecule has 4 rings (SSSR count). The zero-order valence-corrected chi connectivity index (χ0v) is 20.1. The van der Waals surface area contributed by atoms with E-state index in [2.05, 4.69) is 9.71 Å². The highest BCUT2D eigenvalue weighted by atomic mass is 35.5. The first-order valence-electron chi connectivity index (χ1n) is 10.2. The highest BCUT2D eigenvalue weighted by molar-refractivity contribution is 7.92. The van der Waals surface area contributed by atoms with Gasteiger partial charge in [0.05, 0.1) is 26.7 Å². The molecule has 0 bridgehead atoms. The highest BCUT2D eigenvalue weighted by Gasteiger charge is 2.41. The molecule has 1 aliphatic heterocycles.